The average molecular weight is 592 g/mol. The summed E-state index contributed by atoms with van der Waals surface area (Å²) in [6.45, 7) is 10.7. The molecule has 0 unspecified atom stereocenters. The number of cyclic esters (lactones) is 1. The molecular formula is C31H38FN7O4. The Balaban J connectivity index is 1.28. The highest BCUT2D eigenvalue weighted by Gasteiger charge is 2.39. The van der Waals surface area contributed by atoms with E-state index in [1.165, 1.54) is 4.90 Å². The van der Waals surface area contributed by atoms with Crippen LogP contribution in [0.2, 0.25) is 0 Å². The molecule has 2 atom stereocenters. The highest BCUT2D eigenvalue weighted by atomic mass is 19.1. The van der Waals surface area contributed by atoms with Gasteiger partial charge in [0.25, 0.3) is 0 Å². The fraction of sp³-hybridized carbons (Fsp3) is 0.419. The second kappa shape index (κ2) is 13.2. The number of anilines is 6. The Kier molecular flexibility index (Phi) is 9.24. The van der Waals surface area contributed by atoms with Crippen molar-refractivity contribution in [2.24, 2.45) is 5.92 Å². The molecule has 3 heterocycles. The van der Waals surface area contributed by atoms with Gasteiger partial charge in [0, 0.05) is 30.9 Å². The lowest BCUT2D eigenvalue weighted by atomic mass is 10.0. The lowest BCUT2D eigenvalue weighted by Gasteiger charge is -2.31. The van der Waals surface area contributed by atoms with Crippen LogP contribution in [0.4, 0.5) is 43.7 Å². The van der Waals surface area contributed by atoms with E-state index in [0.717, 1.165) is 47.6 Å². The van der Waals surface area contributed by atoms with E-state index in [2.05, 4.69) is 30.8 Å². The average Bonchev–Trinajstić information content (AvgIpc) is 3.40. The number of hydrogen-bond acceptors (Lipinski definition) is 9. The lowest BCUT2D eigenvalue weighted by Crippen LogP contribution is -2.38. The maximum Gasteiger partial charge on any atom is 0.416 e. The molecule has 3 N–H and O–H groups in total. The third-order valence-corrected chi connectivity index (χ3v) is 7.62. The van der Waals surface area contributed by atoms with Crippen molar-refractivity contribution in [3.8, 4) is 0 Å². The quantitative estimate of drug-likeness (QED) is 0.273. The molecule has 1 aromatic heterocycles. The molecule has 0 saturated carbocycles. The van der Waals surface area contributed by atoms with Crippen molar-refractivity contribution < 1.29 is 23.5 Å². The monoisotopic (exact) mass is 591 g/mol. The van der Waals surface area contributed by atoms with E-state index in [1.807, 2.05) is 70.2 Å². The minimum Gasteiger partial charge on any atom is -0.447 e. The van der Waals surface area contributed by atoms with Crippen LogP contribution in [0, 0.1) is 11.7 Å². The van der Waals surface area contributed by atoms with Gasteiger partial charge in [-0.2, -0.15) is 4.98 Å². The number of morpholine rings is 1. The molecule has 2 amide bonds. The van der Waals surface area contributed by atoms with Crippen LogP contribution in [0.25, 0.3) is 0 Å². The fourth-order valence-electron chi connectivity index (χ4n) is 5.10. The summed E-state index contributed by atoms with van der Waals surface area (Å²) >= 11 is 0. The minimum atomic E-state index is -0.687. The number of nitrogens with zero attached hydrogens (tertiary/aromatic N) is 4. The van der Waals surface area contributed by atoms with Gasteiger partial charge in [-0.3, -0.25) is 9.69 Å². The van der Waals surface area contributed by atoms with Crippen LogP contribution < -0.4 is 25.8 Å². The van der Waals surface area contributed by atoms with Crippen molar-refractivity contribution in [3.63, 3.8) is 0 Å². The Labute approximate surface area is 250 Å². The second-order valence-electron chi connectivity index (χ2n) is 11.0. The number of carbonyl (C=O) groups is 2. The normalized spacial score (nSPS) is 17.5. The Morgan fingerprint density at radius 2 is 1.81 bits per heavy atom. The van der Waals surface area contributed by atoms with Crippen molar-refractivity contribution in [2.75, 3.05) is 58.7 Å². The van der Waals surface area contributed by atoms with Crippen LogP contribution in [-0.2, 0) is 14.3 Å². The zero-order valence-electron chi connectivity index (χ0n) is 24.9. The predicted octanol–water partition coefficient (Wildman–Crippen LogP) is 5.70. The first kappa shape index (κ1) is 30.0. The molecule has 5 rings (SSSR count). The summed E-state index contributed by atoms with van der Waals surface area (Å²) in [5, 5.41) is 9.65. The molecule has 2 aliphatic heterocycles. The number of carbonyl (C=O) groups excluding carboxylic acids is 2. The van der Waals surface area contributed by atoms with Gasteiger partial charge in [-0.15, -0.1) is 0 Å². The first-order chi connectivity index (χ1) is 20.7. The topological polar surface area (TPSA) is 121 Å². The van der Waals surface area contributed by atoms with E-state index >= 15 is 0 Å². The molecular weight excluding hydrogens is 553 g/mol. The molecule has 0 radical (unpaired) electrons. The number of rotatable bonds is 10. The molecule has 2 fully saturated rings. The number of nitrogens with one attached hydrogen (secondary N) is 3. The highest BCUT2D eigenvalue weighted by Crippen LogP contribution is 2.32. The fourth-order valence-corrected chi connectivity index (χ4v) is 5.10. The Hall–Kier alpha value is -4.45. The summed E-state index contributed by atoms with van der Waals surface area (Å²) in [5.74, 6) is -0.564. The molecule has 0 spiro atoms. The molecule has 0 aliphatic carbocycles. The van der Waals surface area contributed by atoms with Crippen LogP contribution in [0.3, 0.4) is 0 Å². The first-order valence-electron chi connectivity index (χ1n) is 14.6. The summed E-state index contributed by atoms with van der Waals surface area (Å²) in [4.78, 5) is 36.5. The predicted molar refractivity (Wildman–Crippen MR) is 165 cm³/mol. The Bertz CT molecular complexity index is 1450. The van der Waals surface area contributed by atoms with Gasteiger partial charge < -0.3 is 30.3 Å². The maximum atomic E-state index is 14.7. The third-order valence-electron chi connectivity index (χ3n) is 7.62. The van der Waals surface area contributed by atoms with Gasteiger partial charge in [0.2, 0.25) is 11.9 Å². The summed E-state index contributed by atoms with van der Waals surface area (Å²) in [7, 11) is 0. The van der Waals surface area contributed by atoms with Crippen LogP contribution >= 0.6 is 0 Å². The number of benzene rings is 2. The number of amides is 2. The van der Waals surface area contributed by atoms with Gasteiger partial charge in [0.1, 0.15) is 6.61 Å². The highest BCUT2D eigenvalue weighted by molar-refractivity contribution is 5.95. The summed E-state index contributed by atoms with van der Waals surface area (Å²) in [5.41, 5.74) is 4.40. The zero-order valence-corrected chi connectivity index (χ0v) is 24.9. The van der Waals surface area contributed by atoms with Gasteiger partial charge in [-0.05, 0) is 48.7 Å². The Morgan fingerprint density at radius 3 is 2.51 bits per heavy atom. The number of ether oxygens (including phenoxy) is 2. The van der Waals surface area contributed by atoms with E-state index in [-0.39, 0.29) is 42.3 Å². The molecule has 228 valence electrons. The SMILES string of the molecule is CCC(=O)Nc1cc(Nc2ccc([C@H](C)Nc3ncc(F)c(N4C(=O)OC[C@@H]4C(C)C)n3)cc2)ccc1N1CCOCC1. The minimum absolute atomic E-state index is 0.0464. The van der Waals surface area contributed by atoms with Gasteiger partial charge in [0.15, 0.2) is 11.6 Å². The van der Waals surface area contributed by atoms with Crippen LogP contribution in [0.15, 0.2) is 48.7 Å². The van der Waals surface area contributed by atoms with E-state index < -0.39 is 11.9 Å². The van der Waals surface area contributed by atoms with Crippen molar-refractivity contribution in [1.29, 1.82) is 0 Å². The molecule has 2 aliphatic rings. The van der Waals surface area contributed by atoms with Gasteiger partial charge in [-0.25, -0.2) is 14.2 Å². The van der Waals surface area contributed by atoms with E-state index in [9.17, 15) is 14.0 Å². The summed E-state index contributed by atoms with van der Waals surface area (Å²) < 4.78 is 25.3. The zero-order chi connectivity index (χ0) is 30.5. The number of hydrogen-bond donors (Lipinski definition) is 3. The third kappa shape index (κ3) is 6.96. The van der Waals surface area contributed by atoms with Crippen LogP contribution in [0.1, 0.15) is 45.7 Å². The van der Waals surface area contributed by atoms with E-state index in [1.54, 1.807) is 0 Å². The van der Waals surface area contributed by atoms with Crippen LogP contribution in [-0.4, -0.2) is 60.9 Å². The van der Waals surface area contributed by atoms with Crippen molar-refractivity contribution >= 4 is 46.5 Å². The smallest absolute Gasteiger partial charge is 0.416 e. The standard InChI is InChI=1S/C31H38FN7O4/c1-5-28(40)36-25-16-23(10-11-26(25)38-12-14-42-15-13-38)35-22-8-6-21(7-9-22)20(4)34-30-33-17-24(32)29(37-30)39-27(19(2)3)18-43-31(39)41/h6-11,16-17,19-20,27,35H,5,12-15,18H2,1-4H3,(H,36,40)(H,33,34,37)/t20-,27+/m0/s1. The molecule has 0 bridgehead atoms. The molecule has 2 saturated heterocycles. The molecule has 3 aromatic rings. The summed E-state index contributed by atoms with van der Waals surface area (Å²) in [6.07, 6.45) is 0.838. The maximum absolute atomic E-state index is 14.7. The van der Waals surface area contributed by atoms with E-state index in [4.69, 9.17) is 9.47 Å². The number of halogens is 1. The van der Waals surface area contributed by atoms with Crippen LogP contribution in [0.5, 0.6) is 0 Å². The lowest BCUT2D eigenvalue weighted by molar-refractivity contribution is -0.115. The Morgan fingerprint density at radius 1 is 1.09 bits per heavy atom. The van der Waals surface area contributed by atoms with Gasteiger partial charge >= 0.3 is 6.09 Å². The largest absolute Gasteiger partial charge is 0.447 e. The molecule has 11 nitrogen and oxygen atoms in total. The number of aromatic nitrogens is 2. The van der Waals surface area contributed by atoms with E-state index in [0.29, 0.717) is 19.6 Å². The first-order valence-corrected chi connectivity index (χ1v) is 14.6. The molecule has 43 heavy (non-hydrogen) atoms. The van der Waals surface area contributed by atoms with Gasteiger partial charge in [-0.1, -0.05) is 32.9 Å². The molecule has 2 aromatic carbocycles. The van der Waals surface area contributed by atoms with Gasteiger partial charge in [0.05, 0.1) is 42.9 Å². The summed E-state index contributed by atoms with van der Waals surface area (Å²) in [6, 6.07) is 13.3. The molecule has 12 heteroatoms. The second-order valence-corrected chi connectivity index (χ2v) is 11.0. The van der Waals surface area contributed by atoms with Crippen molar-refractivity contribution in [1.82, 2.24) is 9.97 Å². The van der Waals surface area contributed by atoms with Crippen molar-refractivity contribution in [3.05, 3.63) is 60.0 Å². The van der Waals surface area contributed by atoms with Crippen molar-refractivity contribution in [2.45, 2.75) is 46.2 Å².